The Morgan fingerprint density at radius 2 is 1.93 bits per heavy atom. The number of rotatable bonds is 3. The SMILES string of the molecule is COc1c(F)cc(Br)c(C(=O)O)c1OC. The Morgan fingerprint density at radius 1 is 1.40 bits per heavy atom. The monoisotopic (exact) mass is 278 g/mol. The van der Waals surface area contributed by atoms with Gasteiger partial charge in [-0.3, -0.25) is 0 Å². The molecule has 0 heterocycles. The fourth-order valence-electron chi connectivity index (χ4n) is 1.16. The number of carboxylic acid groups (broad SMARTS) is 1. The molecule has 1 N–H and O–H groups in total. The van der Waals surface area contributed by atoms with Gasteiger partial charge in [-0.1, -0.05) is 0 Å². The molecule has 0 aliphatic carbocycles. The van der Waals surface area contributed by atoms with Crippen molar-refractivity contribution in [2.75, 3.05) is 14.2 Å². The molecule has 0 bridgehead atoms. The number of methoxy groups -OCH3 is 2. The molecule has 1 aromatic rings. The second-order valence-corrected chi connectivity index (χ2v) is 3.44. The second-order valence-electron chi connectivity index (χ2n) is 2.59. The van der Waals surface area contributed by atoms with Crippen LogP contribution in [0.3, 0.4) is 0 Å². The number of aromatic carboxylic acids is 1. The van der Waals surface area contributed by atoms with Crippen molar-refractivity contribution in [2.24, 2.45) is 0 Å². The molecule has 0 aromatic heterocycles. The molecule has 4 nitrogen and oxygen atoms in total. The molecule has 0 spiro atoms. The third-order valence-electron chi connectivity index (χ3n) is 1.76. The highest BCUT2D eigenvalue weighted by atomic mass is 79.9. The van der Waals surface area contributed by atoms with Crippen LogP contribution in [-0.4, -0.2) is 25.3 Å². The molecular formula is C9H8BrFO4. The summed E-state index contributed by atoms with van der Waals surface area (Å²) < 4.78 is 23.0. The van der Waals surface area contributed by atoms with E-state index in [1.165, 1.54) is 14.2 Å². The van der Waals surface area contributed by atoms with Crippen LogP contribution in [0.2, 0.25) is 0 Å². The van der Waals surface area contributed by atoms with E-state index in [1.807, 2.05) is 0 Å². The lowest BCUT2D eigenvalue weighted by Crippen LogP contribution is -2.05. The number of benzene rings is 1. The van der Waals surface area contributed by atoms with Crippen molar-refractivity contribution in [3.05, 3.63) is 21.9 Å². The van der Waals surface area contributed by atoms with Gasteiger partial charge in [-0.05, 0) is 22.0 Å². The van der Waals surface area contributed by atoms with Gasteiger partial charge in [0, 0.05) is 4.47 Å². The Kier molecular flexibility index (Phi) is 3.52. The second kappa shape index (κ2) is 4.48. The van der Waals surface area contributed by atoms with Gasteiger partial charge >= 0.3 is 5.97 Å². The van der Waals surface area contributed by atoms with Gasteiger partial charge < -0.3 is 14.6 Å². The van der Waals surface area contributed by atoms with Gasteiger partial charge in [0.05, 0.1) is 14.2 Å². The topological polar surface area (TPSA) is 55.8 Å². The van der Waals surface area contributed by atoms with Crippen LogP contribution in [0.15, 0.2) is 10.5 Å². The molecule has 0 saturated heterocycles. The maximum Gasteiger partial charge on any atom is 0.340 e. The molecule has 15 heavy (non-hydrogen) atoms. The summed E-state index contributed by atoms with van der Waals surface area (Å²) in [5.74, 6) is -2.28. The lowest BCUT2D eigenvalue weighted by atomic mass is 10.2. The largest absolute Gasteiger partial charge is 0.492 e. The molecule has 82 valence electrons. The summed E-state index contributed by atoms with van der Waals surface area (Å²) in [4.78, 5) is 10.9. The van der Waals surface area contributed by atoms with Crippen molar-refractivity contribution < 1.29 is 23.8 Å². The lowest BCUT2D eigenvalue weighted by Gasteiger charge is -2.12. The molecule has 0 amide bonds. The van der Waals surface area contributed by atoms with Gasteiger partial charge in [0.1, 0.15) is 5.56 Å². The Balaban J connectivity index is 3.56. The third-order valence-corrected chi connectivity index (χ3v) is 2.39. The molecule has 0 saturated carbocycles. The minimum absolute atomic E-state index is 0.102. The van der Waals surface area contributed by atoms with E-state index in [0.29, 0.717) is 0 Å². The first-order valence-corrected chi connectivity index (χ1v) is 4.65. The molecule has 0 unspecified atom stereocenters. The average Bonchev–Trinajstić information content (AvgIpc) is 2.15. The van der Waals surface area contributed by atoms with Crippen molar-refractivity contribution >= 4 is 21.9 Å². The quantitative estimate of drug-likeness (QED) is 0.922. The molecule has 1 rings (SSSR count). The third kappa shape index (κ3) is 2.04. The van der Waals surface area contributed by atoms with Crippen LogP contribution in [0, 0.1) is 5.82 Å². The molecule has 1 aromatic carbocycles. The molecule has 0 radical (unpaired) electrons. The van der Waals surface area contributed by atoms with E-state index in [-0.39, 0.29) is 21.5 Å². The molecule has 0 atom stereocenters. The Morgan fingerprint density at radius 3 is 2.33 bits per heavy atom. The highest BCUT2D eigenvalue weighted by Gasteiger charge is 2.23. The first-order chi connectivity index (χ1) is 7.02. The zero-order valence-electron chi connectivity index (χ0n) is 8.01. The minimum Gasteiger partial charge on any atom is -0.492 e. The zero-order valence-corrected chi connectivity index (χ0v) is 9.59. The van der Waals surface area contributed by atoms with Crippen molar-refractivity contribution in [3.8, 4) is 11.5 Å². The number of hydrogen-bond donors (Lipinski definition) is 1. The number of carbonyl (C=O) groups is 1. The summed E-state index contributed by atoms with van der Waals surface area (Å²) in [6.45, 7) is 0. The highest BCUT2D eigenvalue weighted by Crippen LogP contribution is 2.38. The first-order valence-electron chi connectivity index (χ1n) is 3.86. The van der Waals surface area contributed by atoms with Crippen LogP contribution < -0.4 is 9.47 Å². The van der Waals surface area contributed by atoms with Gasteiger partial charge in [-0.15, -0.1) is 0 Å². The number of carboxylic acids is 1. The summed E-state index contributed by atoms with van der Waals surface area (Å²) in [7, 11) is 2.48. The van der Waals surface area contributed by atoms with Crippen LogP contribution in [0.1, 0.15) is 10.4 Å². The van der Waals surface area contributed by atoms with E-state index >= 15 is 0 Å². The Hall–Kier alpha value is -1.30. The number of hydrogen-bond acceptors (Lipinski definition) is 3. The van der Waals surface area contributed by atoms with Crippen LogP contribution in [-0.2, 0) is 0 Å². The fourth-order valence-corrected chi connectivity index (χ4v) is 1.71. The van der Waals surface area contributed by atoms with Crippen LogP contribution in [0.4, 0.5) is 4.39 Å². The van der Waals surface area contributed by atoms with Gasteiger partial charge in [0.15, 0.2) is 17.3 Å². The van der Waals surface area contributed by atoms with Gasteiger partial charge in [0.2, 0.25) is 0 Å². The average molecular weight is 279 g/mol. The maximum absolute atomic E-state index is 13.3. The zero-order chi connectivity index (χ0) is 11.6. The van der Waals surface area contributed by atoms with Crippen LogP contribution in [0.5, 0.6) is 11.5 Å². The van der Waals surface area contributed by atoms with E-state index in [0.717, 1.165) is 6.07 Å². The van der Waals surface area contributed by atoms with Crippen molar-refractivity contribution in [1.29, 1.82) is 0 Å². The molecule has 6 heteroatoms. The Bertz CT molecular complexity index is 406. The smallest absolute Gasteiger partial charge is 0.340 e. The van der Waals surface area contributed by atoms with Gasteiger partial charge in [0.25, 0.3) is 0 Å². The van der Waals surface area contributed by atoms with Crippen molar-refractivity contribution in [1.82, 2.24) is 0 Å². The number of halogens is 2. The fraction of sp³-hybridized carbons (Fsp3) is 0.222. The molecule has 0 aliphatic rings. The summed E-state index contributed by atoms with van der Waals surface area (Å²) in [6, 6.07) is 1.02. The molecule has 0 fully saturated rings. The van der Waals surface area contributed by atoms with Crippen LogP contribution in [0.25, 0.3) is 0 Å². The summed E-state index contributed by atoms with van der Waals surface area (Å²) >= 11 is 2.95. The summed E-state index contributed by atoms with van der Waals surface area (Å²) in [5.41, 5.74) is -0.171. The minimum atomic E-state index is -1.22. The molecule has 0 aliphatic heterocycles. The standard InChI is InChI=1S/C9H8BrFO4/c1-14-7-5(11)3-4(10)6(9(12)13)8(7)15-2/h3H,1-2H3,(H,12,13). The van der Waals surface area contributed by atoms with Crippen molar-refractivity contribution in [2.45, 2.75) is 0 Å². The van der Waals surface area contributed by atoms with E-state index in [1.54, 1.807) is 0 Å². The van der Waals surface area contributed by atoms with Gasteiger partial charge in [-0.25, -0.2) is 9.18 Å². The van der Waals surface area contributed by atoms with Crippen LogP contribution >= 0.6 is 15.9 Å². The Labute approximate surface area is 93.7 Å². The number of ether oxygens (including phenoxy) is 2. The van der Waals surface area contributed by atoms with E-state index in [9.17, 15) is 9.18 Å². The normalized spacial score (nSPS) is 9.87. The van der Waals surface area contributed by atoms with E-state index in [4.69, 9.17) is 14.6 Å². The van der Waals surface area contributed by atoms with Gasteiger partial charge in [-0.2, -0.15) is 0 Å². The van der Waals surface area contributed by atoms with E-state index in [2.05, 4.69) is 15.9 Å². The summed E-state index contributed by atoms with van der Waals surface area (Å²) in [5, 5.41) is 8.90. The summed E-state index contributed by atoms with van der Waals surface area (Å²) in [6.07, 6.45) is 0. The highest BCUT2D eigenvalue weighted by molar-refractivity contribution is 9.10. The predicted molar refractivity (Wildman–Crippen MR) is 54.2 cm³/mol. The maximum atomic E-state index is 13.3. The first kappa shape index (κ1) is 11.8. The lowest BCUT2D eigenvalue weighted by molar-refractivity contribution is 0.0691. The molecular weight excluding hydrogens is 271 g/mol. The van der Waals surface area contributed by atoms with Crippen molar-refractivity contribution in [3.63, 3.8) is 0 Å². The predicted octanol–water partition coefficient (Wildman–Crippen LogP) is 2.30. The van der Waals surface area contributed by atoms with E-state index < -0.39 is 11.8 Å².